The Labute approximate surface area is 148 Å². The average molecular weight is 373 g/mol. The molecule has 0 bridgehead atoms. The Morgan fingerprint density at radius 2 is 1.70 bits per heavy atom. The predicted molar refractivity (Wildman–Crippen MR) is 92.0 cm³/mol. The molecule has 0 aliphatic carbocycles. The lowest BCUT2D eigenvalue weighted by Gasteiger charge is -2.12. The molecule has 4 nitrogen and oxygen atoms in total. The third kappa shape index (κ3) is 4.61. The van der Waals surface area contributed by atoms with E-state index >= 15 is 0 Å². The van der Waals surface area contributed by atoms with Crippen LogP contribution < -0.4 is 10.1 Å². The molecule has 1 amide bonds. The summed E-state index contributed by atoms with van der Waals surface area (Å²) in [4.78, 5) is 23.5. The normalized spacial score (nSPS) is 10.3. The van der Waals surface area contributed by atoms with Gasteiger partial charge in [-0.2, -0.15) is 0 Å². The van der Waals surface area contributed by atoms with Crippen LogP contribution >= 0.6 is 34.8 Å². The molecule has 0 aliphatic rings. The zero-order valence-electron chi connectivity index (χ0n) is 12.0. The summed E-state index contributed by atoms with van der Waals surface area (Å²) in [7, 11) is 0. The fourth-order valence-electron chi connectivity index (χ4n) is 1.86. The van der Waals surface area contributed by atoms with E-state index in [2.05, 4.69) is 5.32 Å². The molecule has 0 aromatic heterocycles. The van der Waals surface area contributed by atoms with Gasteiger partial charge in [0, 0.05) is 5.02 Å². The topological polar surface area (TPSA) is 55.4 Å². The van der Waals surface area contributed by atoms with Gasteiger partial charge in [-0.05, 0) is 31.2 Å². The highest BCUT2D eigenvalue weighted by Crippen LogP contribution is 2.33. The number of amides is 1. The van der Waals surface area contributed by atoms with Gasteiger partial charge in [0.1, 0.15) is 5.75 Å². The van der Waals surface area contributed by atoms with E-state index in [1.165, 1.54) is 19.1 Å². The summed E-state index contributed by atoms with van der Waals surface area (Å²) in [6.07, 6.45) is 0. The highest BCUT2D eigenvalue weighted by Gasteiger charge is 2.13. The van der Waals surface area contributed by atoms with E-state index in [0.29, 0.717) is 16.3 Å². The number of ether oxygens (including phenoxy) is 1. The van der Waals surface area contributed by atoms with E-state index in [4.69, 9.17) is 39.5 Å². The second kappa shape index (κ2) is 7.68. The number of hydrogen-bond acceptors (Lipinski definition) is 3. The molecule has 0 fully saturated rings. The Kier molecular flexibility index (Phi) is 5.88. The van der Waals surface area contributed by atoms with E-state index in [1.807, 2.05) is 0 Å². The zero-order valence-corrected chi connectivity index (χ0v) is 14.3. The number of Topliss-reactive ketones (excluding diaryl/α,β-unsaturated/α-hetero) is 1. The molecule has 0 unspecified atom stereocenters. The first-order valence-corrected chi connectivity index (χ1v) is 7.69. The van der Waals surface area contributed by atoms with E-state index in [9.17, 15) is 9.59 Å². The monoisotopic (exact) mass is 371 g/mol. The highest BCUT2D eigenvalue weighted by atomic mass is 35.5. The fourth-order valence-corrected chi connectivity index (χ4v) is 2.78. The summed E-state index contributed by atoms with van der Waals surface area (Å²) >= 11 is 17.8. The summed E-state index contributed by atoms with van der Waals surface area (Å²) in [6, 6.07) is 9.62. The summed E-state index contributed by atoms with van der Waals surface area (Å²) < 4.78 is 5.39. The van der Waals surface area contributed by atoms with Crippen molar-refractivity contribution in [1.29, 1.82) is 0 Å². The first-order chi connectivity index (χ1) is 10.9. The lowest BCUT2D eigenvalue weighted by atomic mass is 10.1. The molecule has 120 valence electrons. The molecule has 1 N–H and O–H groups in total. The van der Waals surface area contributed by atoms with Gasteiger partial charge in [0.25, 0.3) is 5.91 Å². The molecule has 2 aromatic carbocycles. The van der Waals surface area contributed by atoms with Gasteiger partial charge in [0.2, 0.25) is 0 Å². The number of carbonyl (C=O) groups is 2. The molecular weight excluding hydrogens is 361 g/mol. The molecule has 2 rings (SSSR count). The van der Waals surface area contributed by atoms with Crippen molar-refractivity contribution in [3.05, 3.63) is 57.0 Å². The molecule has 0 aliphatic heterocycles. The Hall–Kier alpha value is -1.75. The lowest BCUT2D eigenvalue weighted by molar-refractivity contribution is -0.118. The highest BCUT2D eigenvalue weighted by molar-refractivity contribution is 6.42. The minimum Gasteiger partial charge on any atom is -0.483 e. The van der Waals surface area contributed by atoms with Gasteiger partial charge in [-0.25, -0.2) is 0 Å². The van der Waals surface area contributed by atoms with E-state index in [0.717, 1.165) is 0 Å². The molecule has 0 atom stereocenters. The average Bonchev–Trinajstić information content (AvgIpc) is 2.49. The van der Waals surface area contributed by atoms with Crippen LogP contribution in [-0.2, 0) is 4.79 Å². The number of anilines is 1. The van der Waals surface area contributed by atoms with Crippen LogP contribution in [0.5, 0.6) is 5.75 Å². The van der Waals surface area contributed by atoms with Crippen molar-refractivity contribution in [3.63, 3.8) is 0 Å². The quantitative estimate of drug-likeness (QED) is 0.762. The molecular formula is C16H12Cl3NO3. The summed E-state index contributed by atoms with van der Waals surface area (Å²) in [6.45, 7) is 1.13. The van der Waals surface area contributed by atoms with Crippen LogP contribution in [0.25, 0.3) is 0 Å². The smallest absolute Gasteiger partial charge is 0.262 e. The Balaban J connectivity index is 2.06. The molecule has 7 heteroatoms. The van der Waals surface area contributed by atoms with Gasteiger partial charge < -0.3 is 10.1 Å². The number of carbonyl (C=O) groups excluding carboxylic acids is 2. The maximum absolute atomic E-state index is 12.0. The minimum absolute atomic E-state index is 0.148. The van der Waals surface area contributed by atoms with Crippen LogP contribution in [0.4, 0.5) is 5.69 Å². The van der Waals surface area contributed by atoms with Crippen LogP contribution in [0.15, 0.2) is 36.4 Å². The van der Waals surface area contributed by atoms with Crippen LogP contribution in [0.3, 0.4) is 0 Å². The third-order valence-corrected chi connectivity index (χ3v) is 3.71. The molecule has 0 saturated heterocycles. The van der Waals surface area contributed by atoms with Gasteiger partial charge in [0.05, 0.1) is 21.3 Å². The summed E-state index contributed by atoms with van der Waals surface area (Å²) in [5.41, 5.74) is 0.661. The first-order valence-electron chi connectivity index (χ1n) is 6.55. The maximum Gasteiger partial charge on any atom is 0.262 e. The van der Waals surface area contributed by atoms with Gasteiger partial charge in [-0.1, -0.05) is 46.9 Å². The molecule has 2 aromatic rings. The first kappa shape index (κ1) is 17.6. The molecule has 0 radical (unpaired) electrons. The second-order valence-electron chi connectivity index (χ2n) is 4.63. The van der Waals surface area contributed by atoms with Crippen LogP contribution in [0, 0.1) is 0 Å². The zero-order chi connectivity index (χ0) is 17.0. The largest absolute Gasteiger partial charge is 0.483 e. The SMILES string of the molecule is CC(=O)c1ccccc1OCC(=O)Nc1c(Cl)cc(Cl)cc1Cl. The number of benzene rings is 2. The van der Waals surface area contributed by atoms with Gasteiger partial charge in [-0.3, -0.25) is 9.59 Å². The van der Waals surface area contributed by atoms with Crippen molar-refractivity contribution in [2.45, 2.75) is 6.92 Å². The van der Waals surface area contributed by atoms with Crippen molar-refractivity contribution in [2.24, 2.45) is 0 Å². The van der Waals surface area contributed by atoms with Gasteiger partial charge in [0.15, 0.2) is 12.4 Å². The minimum atomic E-state index is -0.463. The van der Waals surface area contributed by atoms with Crippen molar-refractivity contribution >= 4 is 52.2 Å². The standard InChI is InChI=1S/C16H12Cl3NO3/c1-9(21)11-4-2-3-5-14(11)23-8-15(22)20-16-12(18)6-10(17)7-13(16)19/h2-7H,8H2,1H3,(H,20,22). The van der Waals surface area contributed by atoms with Crippen molar-refractivity contribution in [2.75, 3.05) is 11.9 Å². The maximum atomic E-state index is 12.0. The lowest BCUT2D eigenvalue weighted by Crippen LogP contribution is -2.21. The van der Waals surface area contributed by atoms with Crippen molar-refractivity contribution < 1.29 is 14.3 Å². The number of para-hydroxylation sites is 1. The number of hydrogen-bond donors (Lipinski definition) is 1. The Morgan fingerprint density at radius 1 is 1.09 bits per heavy atom. The summed E-state index contributed by atoms with van der Waals surface area (Å²) in [5.74, 6) is -0.275. The van der Waals surface area contributed by atoms with Crippen molar-refractivity contribution in [1.82, 2.24) is 0 Å². The Bertz CT molecular complexity index is 739. The van der Waals surface area contributed by atoms with E-state index < -0.39 is 5.91 Å². The van der Waals surface area contributed by atoms with E-state index in [1.54, 1.807) is 24.3 Å². The van der Waals surface area contributed by atoms with Crippen LogP contribution in [-0.4, -0.2) is 18.3 Å². The number of rotatable bonds is 5. The van der Waals surface area contributed by atoms with Gasteiger partial charge in [-0.15, -0.1) is 0 Å². The van der Waals surface area contributed by atoms with Crippen LogP contribution in [0.1, 0.15) is 17.3 Å². The van der Waals surface area contributed by atoms with Crippen LogP contribution in [0.2, 0.25) is 15.1 Å². The molecule has 0 heterocycles. The second-order valence-corrected chi connectivity index (χ2v) is 5.88. The summed E-state index contributed by atoms with van der Waals surface area (Å²) in [5, 5.41) is 3.36. The molecule has 23 heavy (non-hydrogen) atoms. The third-order valence-electron chi connectivity index (χ3n) is 2.90. The predicted octanol–water partition coefficient (Wildman–Crippen LogP) is 4.87. The van der Waals surface area contributed by atoms with Gasteiger partial charge >= 0.3 is 0 Å². The van der Waals surface area contributed by atoms with Crippen molar-refractivity contribution in [3.8, 4) is 5.75 Å². The molecule has 0 spiro atoms. The fraction of sp³-hybridized carbons (Fsp3) is 0.125. The number of halogens is 3. The Morgan fingerprint density at radius 3 is 2.30 bits per heavy atom. The number of ketones is 1. The van der Waals surface area contributed by atoms with E-state index in [-0.39, 0.29) is 28.1 Å². The molecule has 0 saturated carbocycles. The number of nitrogens with one attached hydrogen (secondary N) is 1.